The van der Waals surface area contributed by atoms with Crippen LogP contribution in [0.5, 0.6) is 0 Å². The van der Waals surface area contributed by atoms with Crippen molar-refractivity contribution in [2.45, 2.75) is 12.2 Å². The van der Waals surface area contributed by atoms with Crippen LogP contribution in [0.1, 0.15) is 11.6 Å². The van der Waals surface area contributed by atoms with Gasteiger partial charge in [0.15, 0.2) is 11.6 Å². The van der Waals surface area contributed by atoms with Crippen LogP contribution >= 0.6 is 15.9 Å². The van der Waals surface area contributed by atoms with Gasteiger partial charge >= 0.3 is 6.18 Å². The first kappa shape index (κ1) is 12.4. The minimum Gasteiger partial charge on any atom is -0.316 e. The summed E-state index contributed by atoms with van der Waals surface area (Å²) >= 11 is 2.69. The van der Waals surface area contributed by atoms with Gasteiger partial charge in [-0.3, -0.25) is 0 Å². The number of rotatable bonds is 1. The summed E-state index contributed by atoms with van der Waals surface area (Å²) in [6.45, 7) is 0. The fraction of sp³-hybridized carbons (Fsp3) is 0.250. The van der Waals surface area contributed by atoms with Crippen molar-refractivity contribution >= 4 is 15.9 Å². The maximum Gasteiger partial charge on any atom is 0.407 e. The van der Waals surface area contributed by atoms with E-state index < -0.39 is 29.4 Å². The van der Waals surface area contributed by atoms with Gasteiger partial charge in [-0.2, -0.15) is 13.2 Å². The van der Waals surface area contributed by atoms with E-state index in [2.05, 4.69) is 15.9 Å². The number of halogens is 6. The van der Waals surface area contributed by atoms with Gasteiger partial charge in [0.05, 0.1) is 0 Å². The van der Waals surface area contributed by atoms with Crippen LogP contribution in [0.15, 0.2) is 16.6 Å². The molecule has 0 aliphatic rings. The van der Waals surface area contributed by atoms with Crippen LogP contribution in [0.3, 0.4) is 0 Å². The van der Waals surface area contributed by atoms with Gasteiger partial charge in [0.25, 0.3) is 0 Å². The maximum absolute atomic E-state index is 12.7. The van der Waals surface area contributed by atoms with E-state index >= 15 is 0 Å². The van der Waals surface area contributed by atoms with Crippen LogP contribution in [0.4, 0.5) is 22.0 Å². The average Bonchev–Trinajstić information content (AvgIpc) is 2.08. The predicted octanol–water partition coefficient (Wildman–Crippen LogP) is 3.29. The van der Waals surface area contributed by atoms with Crippen molar-refractivity contribution < 1.29 is 22.0 Å². The zero-order chi connectivity index (χ0) is 11.8. The van der Waals surface area contributed by atoms with E-state index in [0.29, 0.717) is 12.1 Å². The molecule has 0 bridgehead atoms. The summed E-state index contributed by atoms with van der Waals surface area (Å²) in [5.41, 5.74) is 4.31. The molecule has 0 aromatic heterocycles. The molecule has 1 aromatic carbocycles. The van der Waals surface area contributed by atoms with Crippen molar-refractivity contribution in [3.63, 3.8) is 0 Å². The Hall–Kier alpha value is -0.690. The van der Waals surface area contributed by atoms with E-state index in [0.717, 1.165) is 0 Å². The third kappa shape index (κ3) is 2.66. The van der Waals surface area contributed by atoms with Crippen LogP contribution in [-0.4, -0.2) is 6.18 Å². The summed E-state index contributed by atoms with van der Waals surface area (Å²) in [5.74, 6) is -2.60. The quantitative estimate of drug-likeness (QED) is 0.623. The van der Waals surface area contributed by atoms with E-state index in [1.165, 1.54) is 0 Å². The van der Waals surface area contributed by atoms with Crippen molar-refractivity contribution in [1.29, 1.82) is 0 Å². The van der Waals surface area contributed by atoms with Crippen molar-refractivity contribution in [3.8, 4) is 0 Å². The smallest absolute Gasteiger partial charge is 0.316 e. The lowest BCUT2D eigenvalue weighted by molar-refractivity contribution is -0.149. The normalized spacial score (nSPS) is 14.1. The molecule has 0 spiro atoms. The molecule has 1 aromatic rings. The number of benzene rings is 1. The Labute approximate surface area is 90.2 Å². The van der Waals surface area contributed by atoms with E-state index in [4.69, 9.17) is 5.73 Å². The zero-order valence-corrected chi connectivity index (χ0v) is 8.66. The molecule has 15 heavy (non-hydrogen) atoms. The van der Waals surface area contributed by atoms with E-state index in [-0.39, 0.29) is 4.47 Å². The Morgan fingerprint density at radius 2 is 1.60 bits per heavy atom. The molecule has 1 rings (SSSR count). The van der Waals surface area contributed by atoms with Crippen LogP contribution in [0.2, 0.25) is 0 Å². The number of alkyl halides is 3. The molecule has 0 saturated carbocycles. The lowest BCUT2D eigenvalue weighted by Gasteiger charge is -2.17. The summed E-state index contributed by atoms with van der Waals surface area (Å²) in [7, 11) is 0. The van der Waals surface area contributed by atoms with Crippen LogP contribution in [0.25, 0.3) is 0 Å². The second-order valence-electron chi connectivity index (χ2n) is 2.81. The molecular formula is C8H5BrF5N. The van der Waals surface area contributed by atoms with Gasteiger partial charge in [0.2, 0.25) is 0 Å². The van der Waals surface area contributed by atoms with Crippen molar-refractivity contribution in [1.82, 2.24) is 0 Å². The molecule has 2 N–H and O–H groups in total. The van der Waals surface area contributed by atoms with Gasteiger partial charge in [0, 0.05) is 4.47 Å². The molecule has 84 valence electrons. The van der Waals surface area contributed by atoms with Gasteiger partial charge in [-0.25, -0.2) is 8.78 Å². The topological polar surface area (TPSA) is 26.0 Å². The first-order chi connectivity index (χ1) is 6.73. The standard InChI is InChI=1S/C8H5BrF5N/c9-4-2-6(11)5(10)1-3(4)7(15)8(12,13)14/h1-2,7H,15H2/t7-/m1/s1. The highest BCUT2D eigenvalue weighted by atomic mass is 79.9. The number of hydrogen-bond donors (Lipinski definition) is 1. The molecule has 0 aliphatic heterocycles. The Bertz CT molecular complexity index is 376. The highest BCUT2D eigenvalue weighted by Crippen LogP contribution is 2.35. The molecule has 0 saturated heterocycles. The van der Waals surface area contributed by atoms with E-state index in [9.17, 15) is 22.0 Å². The summed E-state index contributed by atoms with van der Waals surface area (Å²) in [6.07, 6.45) is -4.70. The zero-order valence-electron chi connectivity index (χ0n) is 7.08. The Balaban J connectivity index is 3.21. The highest BCUT2D eigenvalue weighted by molar-refractivity contribution is 9.10. The van der Waals surface area contributed by atoms with Crippen molar-refractivity contribution in [2.75, 3.05) is 0 Å². The van der Waals surface area contributed by atoms with E-state index in [1.54, 1.807) is 0 Å². The van der Waals surface area contributed by atoms with Gasteiger partial charge in [0.1, 0.15) is 6.04 Å². The Morgan fingerprint density at radius 3 is 2.07 bits per heavy atom. The first-order valence-corrected chi connectivity index (χ1v) is 4.49. The molecular weight excluding hydrogens is 285 g/mol. The second kappa shape index (κ2) is 4.05. The summed E-state index contributed by atoms with van der Waals surface area (Å²) < 4.78 is 61.6. The molecule has 0 fully saturated rings. The highest BCUT2D eigenvalue weighted by Gasteiger charge is 2.39. The fourth-order valence-electron chi connectivity index (χ4n) is 0.953. The molecule has 1 atom stereocenters. The molecule has 0 amide bonds. The molecule has 7 heteroatoms. The minimum atomic E-state index is -4.70. The van der Waals surface area contributed by atoms with Crippen molar-refractivity contribution in [2.24, 2.45) is 5.73 Å². The van der Waals surface area contributed by atoms with Gasteiger partial charge in [-0.1, -0.05) is 15.9 Å². The van der Waals surface area contributed by atoms with Crippen molar-refractivity contribution in [3.05, 3.63) is 33.8 Å². The van der Waals surface area contributed by atoms with E-state index in [1.807, 2.05) is 0 Å². The lowest BCUT2D eigenvalue weighted by atomic mass is 10.1. The monoisotopic (exact) mass is 289 g/mol. The lowest BCUT2D eigenvalue weighted by Crippen LogP contribution is -2.29. The number of nitrogens with two attached hydrogens (primary N) is 1. The predicted molar refractivity (Wildman–Crippen MR) is 47.0 cm³/mol. The fourth-order valence-corrected chi connectivity index (χ4v) is 1.51. The molecule has 0 aliphatic carbocycles. The third-order valence-corrected chi connectivity index (χ3v) is 2.41. The molecule has 0 unspecified atom stereocenters. The largest absolute Gasteiger partial charge is 0.407 e. The summed E-state index contributed by atoms with van der Waals surface area (Å²) in [5, 5.41) is 0. The SMILES string of the molecule is N[C@H](c1cc(F)c(F)cc1Br)C(F)(F)F. The molecule has 0 radical (unpaired) electrons. The van der Waals surface area contributed by atoms with Gasteiger partial charge in [-0.15, -0.1) is 0 Å². The third-order valence-electron chi connectivity index (χ3n) is 1.73. The molecule has 0 heterocycles. The number of hydrogen-bond acceptors (Lipinski definition) is 1. The molecule has 1 nitrogen and oxygen atoms in total. The first-order valence-electron chi connectivity index (χ1n) is 3.70. The summed E-state index contributed by atoms with van der Waals surface area (Å²) in [4.78, 5) is 0. The average molecular weight is 290 g/mol. The van der Waals surface area contributed by atoms with Gasteiger partial charge < -0.3 is 5.73 Å². The second-order valence-corrected chi connectivity index (χ2v) is 3.66. The van der Waals surface area contributed by atoms with Crippen LogP contribution < -0.4 is 5.73 Å². The van der Waals surface area contributed by atoms with Crippen LogP contribution in [0, 0.1) is 11.6 Å². The minimum absolute atomic E-state index is 0.216. The summed E-state index contributed by atoms with van der Waals surface area (Å²) in [6, 6.07) is -1.31. The Morgan fingerprint density at radius 1 is 1.13 bits per heavy atom. The Kier molecular flexibility index (Phi) is 3.34. The van der Waals surface area contributed by atoms with Crippen LogP contribution in [-0.2, 0) is 0 Å². The van der Waals surface area contributed by atoms with Gasteiger partial charge in [-0.05, 0) is 17.7 Å². The maximum atomic E-state index is 12.7.